The molecule has 1 unspecified atom stereocenters. The molecule has 0 amide bonds. The Kier molecular flexibility index (Phi) is 12.4. The van der Waals surface area contributed by atoms with Gasteiger partial charge in [-0.3, -0.25) is 9.89 Å². The number of ether oxygens (including phenoxy) is 3. The fourth-order valence-electron chi connectivity index (χ4n) is 3.24. The van der Waals surface area contributed by atoms with Crippen LogP contribution in [0.2, 0.25) is 0 Å². The van der Waals surface area contributed by atoms with Crippen LogP contribution in [-0.4, -0.2) is 88.3 Å². The largest absolute Gasteiger partial charge is 0.493 e. The molecular weight excluding hydrogens is 499 g/mol. The minimum atomic E-state index is -0.886. The molecule has 1 aromatic carbocycles. The number of halogens is 1. The average Bonchev–Trinajstić information content (AvgIpc) is 2.72. The van der Waals surface area contributed by atoms with Gasteiger partial charge in [0, 0.05) is 32.7 Å². The molecule has 0 aromatic heterocycles. The molecule has 3 N–H and O–H groups in total. The summed E-state index contributed by atoms with van der Waals surface area (Å²) in [5.41, 5.74) is 0.258. The van der Waals surface area contributed by atoms with Gasteiger partial charge in [0.2, 0.25) is 0 Å². The zero-order valence-electron chi connectivity index (χ0n) is 18.6. The van der Waals surface area contributed by atoms with Gasteiger partial charge in [0.25, 0.3) is 0 Å². The Morgan fingerprint density at radius 2 is 1.90 bits per heavy atom. The second-order valence-corrected chi connectivity index (χ2v) is 7.45. The summed E-state index contributed by atoms with van der Waals surface area (Å²) in [6.45, 7) is 9.39. The maximum atomic E-state index is 10.7. The lowest BCUT2D eigenvalue weighted by molar-refractivity contribution is -0.0179. The zero-order valence-corrected chi connectivity index (χ0v) is 20.9. The van der Waals surface area contributed by atoms with Crippen molar-refractivity contribution in [3.63, 3.8) is 0 Å². The van der Waals surface area contributed by atoms with Crippen LogP contribution in [0.3, 0.4) is 0 Å². The first-order chi connectivity index (χ1) is 14.0. The SMILES string of the molecule is CCNC(=NCC(C)(O)CN1CCOCC1)NCCc1ccc(OC)c(OC)c1.I. The minimum absolute atomic E-state index is 0. The highest BCUT2D eigenvalue weighted by atomic mass is 127. The maximum absolute atomic E-state index is 10.7. The van der Waals surface area contributed by atoms with E-state index in [1.807, 2.05) is 32.0 Å². The van der Waals surface area contributed by atoms with E-state index in [0.717, 1.165) is 56.3 Å². The summed E-state index contributed by atoms with van der Waals surface area (Å²) in [6, 6.07) is 5.92. The molecule has 1 fully saturated rings. The molecule has 8 nitrogen and oxygen atoms in total. The fourth-order valence-corrected chi connectivity index (χ4v) is 3.24. The quantitative estimate of drug-likeness (QED) is 0.238. The van der Waals surface area contributed by atoms with E-state index in [4.69, 9.17) is 14.2 Å². The molecule has 0 radical (unpaired) electrons. The van der Waals surface area contributed by atoms with Crippen molar-refractivity contribution in [3.8, 4) is 11.5 Å². The zero-order chi connectivity index (χ0) is 21.1. The summed E-state index contributed by atoms with van der Waals surface area (Å²) >= 11 is 0. The van der Waals surface area contributed by atoms with Crippen molar-refractivity contribution in [1.29, 1.82) is 0 Å². The standard InChI is InChI=1S/C21H36N4O4.HI/c1-5-22-20(24-15-21(2,26)16-25-10-12-29-13-11-25)23-9-8-17-6-7-18(27-3)19(14-17)28-4;/h6-7,14,26H,5,8-13,15-16H2,1-4H3,(H2,22,23,24);1H. The highest BCUT2D eigenvalue weighted by Crippen LogP contribution is 2.27. The molecule has 1 aliphatic rings. The molecule has 0 saturated carbocycles. The summed E-state index contributed by atoms with van der Waals surface area (Å²) in [5.74, 6) is 2.15. The molecule has 1 saturated heterocycles. The van der Waals surface area contributed by atoms with Gasteiger partial charge in [-0.25, -0.2) is 0 Å². The van der Waals surface area contributed by atoms with Crippen molar-refractivity contribution < 1.29 is 19.3 Å². The van der Waals surface area contributed by atoms with Gasteiger partial charge < -0.3 is 30.0 Å². The van der Waals surface area contributed by atoms with E-state index in [1.54, 1.807) is 14.2 Å². The molecule has 0 aliphatic carbocycles. The number of aliphatic imine (C=N–C) groups is 1. The van der Waals surface area contributed by atoms with Crippen molar-refractivity contribution in [2.75, 3.05) is 66.7 Å². The molecule has 1 heterocycles. The summed E-state index contributed by atoms with van der Waals surface area (Å²) in [7, 11) is 3.27. The van der Waals surface area contributed by atoms with Gasteiger partial charge in [0.05, 0.1) is 39.6 Å². The van der Waals surface area contributed by atoms with Crippen LogP contribution in [0.15, 0.2) is 23.2 Å². The van der Waals surface area contributed by atoms with Crippen LogP contribution in [0.25, 0.3) is 0 Å². The van der Waals surface area contributed by atoms with Crippen molar-refractivity contribution in [1.82, 2.24) is 15.5 Å². The molecule has 0 bridgehead atoms. The first-order valence-corrected chi connectivity index (χ1v) is 10.2. The molecule has 1 aliphatic heterocycles. The van der Waals surface area contributed by atoms with E-state index in [1.165, 1.54) is 0 Å². The van der Waals surface area contributed by atoms with Crippen molar-refractivity contribution in [3.05, 3.63) is 23.8 Å². The Bertz CT molecular complexity index is 652. The number of hydrogen-bond acceptors (Lipinski definition) is 6. The van der Waals surface area contributed by atoms with Crippen LogP contribution in [0.1, 0.15) is 19.4 Å². The van der Waals surface area contributed by atoms with E-state index in [-0.39, 0.29) is 24.0 Å². The summed E-state index contributed by atoms with van der Waals surface area (Å²) in [5, 5.41) is 17.3. The van der Waals surface area contributed by atoms with Crippen molar-refractivity contribution in [2.24, 2.45) is 4.99 Å². The number of hydrogen-bond donors (Lipinski definition) is 3. The van der Waals surface area contributed by atoms with E-state index in [0.29, 0.717) is 25.6 Å². The number of methoxy groups -OCH3 is 2. The van der Waals surface area contributed by atoms with Gasteiger partial charge in [-0.05, 0) is 38.0 Å². The summed E-state index contributed by atoms with van der Waals surface area (Å²) < 4.78 is 16.0. The Hall–Kier alpha value is -1.30. The maximum Gasteiger partial charge on any atom is 0.191 e. The molecular formula is C21H37IN4O4. The van der Waals surface area contributed by atoms with Crippen LogP contribution >= 0.6 is 24.0 Å². The van der Waals surface area contributed by atoms with Crippen molar-refractivity contribution >= 4 is 29.9 Å². The third-order valence-corrected chi connectivity index (χ3v) is 4.74. The van der Waals surface area contributed by atoms with Gasteiger partial charge in [0.15, 0.2) is 17.5 Å². The van der Waals surface area contributed by atoms with Crippen LogP contribution in [-0.2, 0) is 11.2 Å². The van der Waals surface area contributed by atoms with Crippen LogP contribution in [0, 0.1) is 0 Å². The van der Waals surface area contributed by atoms with E-state index in [2.05, 4.69) is 20.5 Å². The number of morpholine rings is 1. The number of aliphatic hydroxyl groups is 1. The first-order valence-electron chi connectivity index (χ1n) is 10.2. The van der Waals surface area contributed by atoms with Gasteiger partial charge >= 0.3 is 0 Å². The molecule has 172 valence electrons. The number of guanidine groups is 1. The fraction of sp³-hybridized carbons (Fsp3) is 0.667. The van der Waals surface area contributed by atoms with Crippen molar-refractivity contribution in [2.45, 2.75) is 25.9 Å². The number of nitrogens with zero attached hydrogens (tertiary/aromatic N) is 2. The Labute approximate surface area is 197 Å². The minimum Gasteiger partial charge on any atom is -0.493 e. The third-order valence-electron chi connectivity index (χ3n) is 4.74. The molecule has 1 aromatic rings. The second-order valence-electron chi connectivity index (χ2n) is 7.45. The van der Waals surface area contributed by atoms with E-state index in [9.17, 15) is 5.11 Å². The van der Waals surface area contributed by atoms with Gasteiger partial charge in [0.1, 0.15) is 0 Å². The monoisotopic (exact) mass is 536 g/mol. The molecule has 1 atom stereocenters. The Morgan fingerprint density at radius 3 is 2.53 bits per heavy atom. The molecule has 0 spiro atoms. The van der Waals surface area contributed by atoms with E-state index < -0.39 is 5.60 Å². The predicted molar refractivity (Wildman–Crippen MR) is 131 cm³/mol. The average molecular weight is 536 g/mol. The summed E-state index contributed by atoms with van der Waals surface area (Å²) in [4.78, 5) is 6.80. The highest BCUT2D eigenvalue weighted by molar-refractivity contribution is 14.0. The lowest BCUT2D eigenvalue weighted by Crippen LogP contribution is -2.48. The predicted octanol–water partition coefficient (Wildman–Crippen LogP) is 1.50. The highest BCUT2D eigenvalue weighted by Gasteiger charge is 2.25. The topological polar surface area (TPSA) is 87.6 Å². The van der Waals surface area contributed by atoms with E-state index >= 15 is 0 Å². The normalized spacial score (nSPS) is 16.9. The third kappa shape index (κ3) is 9.23. The molecule has 2 rings (SSSR count). The number of nitrogens with one attached hydrogen (secondary N) is 2. The molecule has 9 heteroatoms. The molecule has 30 heavy (non-hydrogen) atoms. The number of benzene rings is 1. The van der Waals surface area contributed by atoms with Crippen LogP contribution in [0.5, 0.6) is 11.5 Å². The van der Waals surface area contributed by atoms with Gasteiger partial charge in [-0.1, -0.05) is 6.07 Å². The van der Waals surface area contributed by atoms with Gasteiger partial charge in [-0.2, -0.15) is 0 Å². The number of rotatable bonds is 10. The Morgan fingerprint density at radius 1 is 1.20 bits per heavy atom. The smallest absolute Gasteiger partial charge is 0.191 e. The van der Waals surface area contributed by atoms with Crippen LogP contribution in [0.4, 0.5) is 0 Å². The lowest BCUT2D eigenvalue weighted by atomic mass is 10.1. The first kappa shape index (κ1) is 26.7. The van der Waals surface area contributed by atoms with Gasteiger partial charge in [-0.15, -0.1) is 24.0 Å². The lowest BCUT2D eigenvalue weighted by Gasteiger charge is -2.33. The second kappa shape index (κ2) is 13.9. The Balaban J connectivity index is 0.00000450. The van der Waals surface area contributed by atoms with Crippen LogP contribution < -0.4 is 20.1 Å². The summed E-state index contributed by atoms with van der Waals surface area (Å²) in [6.07, 6.45) is 0.814. The number of β-amino-alcohol motifs (C(OH)–C–C–N with tert-alkyl or cyclic N) is 1.